The van der Waals surface area contributed by atoms with E-state index < -0.39 is 5.79 Å². The van der Waals surface area contributed by atoms with Gasteiger partial charge in [0, 0.05) is 24.3 Å². The molecule has 2 heterocycles. The molecule has 27 heavy (non-hydrogen) atoms. The van der Waals surface area contributed by atoms with Crippen LogP contribution in [0.15, 0.2) is 47.7 Å². The van der Waals surface area contributed by atoms with E-state index in [1.807, 2.05) is 36.4 Å². The highest BCUT2D eigenvalue weighted by molar-refractivity contribution is 6.15. The summed E-state index contributed by atoms with van der Waals surface area (Å²) in [5.41, 5.74) is 2.38. The summed E-state index contributed by atoms with van der Waals surface area (Å²) in [4.78, 5) is 13.0. The number of rotatable bonds is 4. The third kappa shape index (κ3) is 2.51. The molecule has 2 aliphatic heterocycles. The van der Waals surface area contributed by atoms with Gasteiger partial charge < -0.3 is 14.2 Å². The molecule has 0 radical (unpaired) electrons. The van der Waals surface area contributed by atoms with E-state index in [9.17, 15) is 4.79 Å². The lowest BCUT2D eigenvalue weighted by Crippen LogP contribution is -2.44. The van der Waals surface area contributed by atoms with Crippen molar-refractivity contribution in [1.29, 1.82) is 0 Å². The maximum absolute atomic E-state index is 13.0. The minimum absolute atomic E-state index is 0.0225. The van der Waals surface area contributed by atoms with Crippen LogP contribution in [0.2, 0.25) is 0 Å². The van der Waals surface area contributed by atoms with Gasteiger partial charge in [-0.2, -0.15) is 0 Å². The summed E-state index contributed by atoms with van der Waals surface area (Å²) in [6, 6.07) is 7.70. The Morgan fingerprint density at radius 2 is 1.93 bits per heavy atom. The van der Waals surface area contributed by atoms with E-state index in [4.69, 9.17) is 18.9 Å². The maximum atomic E-state index is 13.0. The highest BCUT2D eigenvalue weighted by Gasteiger charge is 2.60. The van der Waals surface area contributed by atoms with Gasteiger partial charge in [-0.05, 0) is 11.6 Å². The molecule has 2 fully saturated rings. The third-order valence-corrected chi connectivity index (χ3v) is 6.31. The van der Waals surface area contributed by atoms with E-state index in [0.29, 0.717) is 11.3 Å². The first kappa shape index (κ1) is 17.1. The first-order valence-electron chi connectivity index (χ1n) is 9.41. The fourth-order valence-corrected chi connectivity index (χ4v) is 4.62. The van der Waals surface area contributed by atoms with E-state index >= 15 is 0 Å². The quantitative estimate of drug-likeness (QED) is 0.461. The largest absolute Gasteiger partial charge is 0.500 e. The van der Waals surface area contributed by atoms with Crippen molar-refractivity contribution in [3.63, 3.8) is 0 Å². The van der Waals surface area contributed by atoms with Crippen LogP contribution in [0.3, 0.4) is 0 Å². The van der Waals surface area contributed by atoms with Crippen LogP contribution in [-0.2, 0) is 18.9 Å². The molecule has 2 aliphatic carbocycles. The summed E-state index contributed by atoms with van der Waals surface area (Å²) in [6.07, 6.45) is 3.78. The van der Waals surface area contributed by atoms with Gasteiger partial charge >= 0.3 is 0 Å². The monoisotopic (exact) mass is 370 g/mol. The number of carbonyl (C=O) groups is 1. The summed E-state index contributed by atoms with van der Waals surface area (Å²) in [5.74, 6) is -0.549. The van der Waals surface area contributed by atoms with Crippen LogP contribution in [-0.4, -0.2) is 69.3 Å². The van der Waals surface area contributed by atoms with Gasteiger partial charge in [-0.15, -0.1) is 0 Å². The number of hydrogen-bond acceptors (Lipinski definition) is 5. The summed E-state index contributed by atoms with van der Waals surface area (Å²) in [7, 11) is 3.24. The molecule has 4 aliphatic rings. The molecule has 6 heteroatoms. The molecular weight excluding hydrogens is 346 g/mol. The number of ketones is 1. The summed E-state index contributed by atoms with van der Waals surface area (Å²) >= 11 is 0. The van der Waals surface area contributed by atoms with E-state index in [-0.39, 0.29) is 17.9 Å². The second kappa shape index (κ2) is 6.01. The predicted molar refractivity (Wildman–Crippen MR) is 97.0 cm³/mol. The molecule has 1 aromatic carbocycles. The Labute approximate surface area is 158 Å². The Balaban J connectivity index is 1.50. The van der Waals surface area contributed by atoms with E-state index in [1.54, 1.807) is 14.2 Å². The summed E-state index contributed by atoms with van der Waals surface area (Å²) in [5, 5.41) is 0. The van der Waals surface area contributed by atoms with Crippen molar-refractivity contribution in [2.24, 2.45) is 0 Å². The molecule has 0 saturated carbocycles. The number of fused-ring (bicyclic) bond motifs is 3. The van der Waals surface area contributed by atoms with Crippen LogP contribution < -0.4 is 0 Å². The Hall–Kier alpha value is -1.99. The van der Waals surface area contributed by atoms with Crippen molar-refractivity contribution >= 4 is 5.78 Å². The highest BCUT2D eigenvalue weighted by atomic mass is 16.7. The van der Waals surface area contributed by atoms with Crippen LogP contribution in [0.5, 0.6) is 0 Å². The van der Waals surface area contributed by atoms with Crippen molar-refractivity contribution in [1.82, 2.24) is 0 Å². The van der Waals surface area contributed by atoms with Crippen molar-refractivity contribution in [3.8, 4) is 0 Å². The van der Waals surface area contributed by atoms with Crippen molar-refractivity contribution < 1.29 is 28.2 Å². The molecule has 1 spiro atoms. The van der Waals surface area contributed by atoms with Crippen LogP contribution in [0, 0.1) is 0 Å². The number of ether oxygens (including phenoxy) is 4. The Morgan fingerprint density at radius 3 is 2.67 bits per heavy atom. The number of allylic oxidation sites excluding steroid dienone is 1. The van der Waals surface area contributed by atoms with Gasteiger partial charge in [0.1, 0.15) is 18.8 Å². The SMILES string of the molecule is COC1=CC(OC)(OC2C[N+]23CCOCC3)C=C2C(=O)c3ccccc3C12. The molecular formula is C21H24NO5+. The van der Waals surface area contributed by atoms with Crippen LogP contribution in [0.25, 0.3) is 0 Å². The average Bonchev–Trinajstić information content (AvgIpc) is 3.27. The van der Waals surface area contributed by atoms with Crippen molar-refractivity contribution in [2.45, 2.75) is 17.9 Å². The zero-order valence-corrected chi connectivity index (χ0v) is 15.6. The molecule has 0 bridgehead atoms. The van der Waals surface area contributed by atoms with Gasteiger partial charge in [0.25, 0.3) is 0 Å². The van der Waals surface area contributed by atoms with Crippen LogP contribution in [0.1, 0.15) is 21.8 Å². The second-order valence-corrected chi connectivity index (χ2v) is 7.66. The maximum Gasteiger partial charge on any atom is 0.247 e. The fraction of sp³-hybridized carbons (Fsp3) is 0.476. The molecule has 3 unspecified atom stereocenters. The van der Waals surface area contributed by atoms with Crippen LogP contribution >= 0.6 is 0 Å². The molecule has 3 atom stereocenters. The second-order valence-electron chi connectivity index (χ2n) is 7.66. The number of Topliss-reactive ketones (excluding diaryl/α,β-unsaturated/α-hetero) is 1. The first-order valence-corrected chi connectivity index (χ1v) is 9.41. The Morgan fingerprint density at radius 1 is 1.15 bits per heavy atom. The standard InChI is InChI=1S/C21H24NO5/c1-24-17-12-21(25-2,27-18-13-22(18)7-9-26-10-8-22)11-16-19(17)14-5-3-4-6-15(14)20(16)23/h3-6,11-12,18-19H,7-10,13H2,1-2H3/q+1. The molecule has 1 aromatic rings. The normalized spacial score (nSPS) is 33.2. The summed E-state index contributed by atoms with van der Waals surface area (Å²) < 4.78 is 24.3. The zero-order chi connectivity index (χ0) is 18.6. The lowest BCUT2D eigenvalue weighted by atomic mass is 9.88. The van der Waals surface area contributed by atoms with Gasteiger partial charge in [-0.3, -0.25) is 14.0 Å². The Bertz CT molecular complexity index is 854. The molecule has 0 N–H and O–H groups in total. The first-order chi connectivity index (χ1) is 13.1. The van der Waals surface area contributed by atoms with Gasteiger partial charge in [0.2, 0.25) is 12.0 Å². The summed E-state index contributed by atoms with van der Waals surface area (Å²) in [6.45, 7) is 4.38. The van der Waals surface area contributed by atoms with Gasteiger partial charge in [0.05, 0.1) is 26.2 Å². The fourth-order valence-electron chi connectivity index (χ4n) is 4.62. The molecule has 0 amide bonds. The number of benzene rings is 1. The number of quaternary nitrogens is 1. The van der Waals surface area contributed by atoms with Crippen molar-refractivity contribution in [3.05, 3.63) is 58.9 Å². The molecule has 6 nitrogen and oxygen atoms in total. The minimum atomic E-state index is -1.08. The highest BCUT2D eigenvalue weighted by Crippen LogP contribution is 2.48. The Kier molecular flexibility index (Phi) is 3.81. The minimum Gasteiger partial charge on any atom is -0.500 e. The van der Waals surface area contributed by atoms with E-state index in [0.717, 1.165) is 48.5 Å². The molecule has 142 valence electrons. The predicted octanol–water partition coefficient (Wildman–Crippen LogP) is 1.98. The van der Waals surface area contributed by atoms with Gasteiger partial charge in [0.15, 0.2) is 12.3 Å². The smallest absolute Gasteiger partial charge is 0.247 e. The lowest BCUT2D eigenvalue weighted by Gasteiger charge is -2.33. The zero-order valence-electron chi connectivity index (χ0n) is 15.6. The number of methoxy groups -OCH3 is 2. The number of hydrogen-bond donors (Lipinski definition) is 0. The third-order valence-electron chi connectivity index (χ3n) is 6.31. The van der Waals surface area contributed by atoms with E-state index in [1.165, 1.54) is 0 Å². The average molecular weight is 370 g/mol. The molecule has 0 aromatic heterocycles. The van der Waals surface area contributed by atoms with Gasteiger partial charge in [-0.1, -0.05) is 24.3 Å². The number of morpholine rings is 1. The molecule has 5 rings (SSSR count). The van der Waals surface area contributed by atoms with Crippen molar-refractivity contribution in [2.75, 3.05) is 47.1 Å². The van der Waals surface area contributed by atoms with Crippen LogP contribution in [0.4, 0.5) is 0 Å². The molecule has 2 saturated heterocycles. The number of nitrogens with zero attached hydrogens (tertiary/aromatic N) is 1. The van der Waals surface area contributed by atoms with E-state index in [2.05, 4.69) is 0 Å². The van der Waals surface area contributed by atoms with Gasteiger partial charge in [-0.25, -0.2) is 0 Å². The topological polar surface area (TPSA) is 54.0 Å². The lowest BCUT2D eigenvalue weighted by molar-refractivity contribution is -0.839. The number of carbonyl (C=O) groups excluding carboxylic acids is 1.